The molecule has 1 unspecified atom stereocenters. The molecule has 4 heteroatoms. The molecular weight excluding hydrogens is 250 g/mol. The van der Waals surface area contributed by atoms with E-state index in [2.05, 4.69) is 23.4 Å². The van der Waals surface area contributed by atoms with Gasteiger partial charge in [-0.1, -0.05) is 31.7 Å². The van der Waals surface area contributed by atoms with E-state index in [4.69, 9.17) is 10.6 Å². The van der Waals surface area contributed by atoms with Gasteiger partial charge < -0.3 is 4.74 Å². The Morgan fingerprint density at radius 1 is 1.30 bits per heavy atom. The second kappa shape index (κ2) is 7.16. The van der Waals surface area contributed by atoms with Crippen molar-refractivity contribution >= 4 is 0 Å². The maximum atomic E-state index is 6.22. The summed E-state index contributed by atoms with van der Waals surface area (Å²) in [6.45, 7) is 4.78. The molecule has 20 heavy (non-hydrogen) atoms. The van der Waals surface area contributed by atoms with Gasteiger partial charge in [0.05, 0.1) is 11.6 Å². The van der Waals surface area contributed by atoms with Gasteiger partial charge >= 0.3 is 0 Å². The van der Waals surface area contributed by atoms with Crippen molar-refractivity contribution in [2.75, 3.05) is 6.61 Å². The number of rotatable bonds is 5. The molecule has 1 saturated carbocycles. The normalized spacial score (nSPS) is 20.4. The molecule has 1 aromatic rings. The highest BCUT2D eigenvalue weighted by Gasteiger charge is 2.40. The number of ether oxygens (including phenoxy) is 1. The molecule has 1 aliphatic rings. The number of hydrogen-bond acceptors (Lipinski definition) is 4. The Labute approximate surface area is 122 Å². The first kappa shape index (κ1) is 15.4. The minimum Gasteiger partial charge on any atom is -0.373 e. The van der Waals surface area contributed by atoms with E-state index in [1.54, 1.807) is 0 Å². The average Bonchev–Trinajstić information content (AvgIpc) is 2.69. The van der Waals surface area contributed by atoms with Crippen LogP contribution in [0.2, 0.25) is 0 Å². The first-order valence-electron chi connectivity index (χ1n) is 7.74. The van der Waals surface area contributed by atoms with Crippen molar-refractivity contribution in [3.05, 3.63) is 29.6 Å². The van der Waals surface area contributed by atoms with Crippen molar-refractivity contribution in [3.63, 3.8) is 0 Å². The van der Waals surface area contributed by atoms with E-state index in [1.165, 1.54) is 25.7 Å². The van der Waals surface area contributed by atoms with Crippen LogP contribution >= 0.6 is 0 Å². The Bertz CT molecular complexity index is 397. The van der Waals surface area contributed by atoms with Gasteiger partial charge in [-0.15, -0.1) is 0 Å². The van der Waals surface area contributed by atoms with Crippen molar-refractivity contribution in [2.24, 2.45) is 5.84 Å². The van der Waals surface area contributed by atoms with Crippen LogP contribution in [0.15, 0.2) is 18.3 Å². The Morgan fingerprint density at radius 2 is 2.00 bits per heavy atom. The number of hydrazine groups is 1. The fourth-order valence-corrected chi connectivity index (χ4v) is 3.33. The highest BCUT2D eigenvalue weighted by Crippen LogP contribution is 2.40. The highest BCUT2D eigenvalue weighted by molar-refractivity contribution is 5.21. The van der Waals surface area contributed by atoms with E-state index in [9.17, 15) is 0 Å². The summed E-state index contributed by atoms with van der Waals surface area (Å²) in [6, 6.07) is 4.16. The lowest BCUT2D eigenvalue weighted by Crippen LogP contribution is -2.48. The lowest BCUT2D eigenvalue weighted by molar-refractivity contribution is -0.0783. The molecule has 1 aliphatic carbocycles. The second-order valence-corrected chi connectivity index (χ2v) is 5.74. The summed E-state index contributed by atoms with van der Waals surface area (Å²) in [4.78, 5) is 4.41. The molecule has 2 rings (SSSR count). The van der Waals surface area contributed by atoms with E-state index in [0.29, 0.717) is 0 Å². The van der Waals surface area contributed by atoms with Crippen LogP contribution in [0.4, 0.5) is 0 Å². The van der Waals surface area contributed by atoms with Gasteiger partial charge in [-0.05, 0) is 38.3 Å². The van der Waals surface area contributed by atoms with Gasteiger partial charge in [-0.3, -0.25) is 16.3 Å². The zero-order valence-corrected chi connectivity index (χ0v) is 12.7. The van der Waals surface area contributed by atoms with E-state index in [1.807, 2.05) is 19.2 Å². The maximum Gasteiger partial charge on any atom is 0.0889 e. The quantitative estimate of drug-likeness (QED) is 0.493. The Kier molecular flexibility index (Phi) is 5.52. The third-order valence-corrected chi connectivity index (χ3v) is 4.34. The number of hydrogen-bond donors (Lipinski definition) is 2. The third kappa shape index (κ3) is 3.37. The van der Waals surface area contributed by atoms with Crippen LogP contribution in [-0.4, -0.2) is 17.2 Å². The number of nitrogens with zero attached hydrogens (tertiary/aromatic N) is 1. The zero-order chi connectivity index (χ0) is 14.4. The summed E-state index contributed by atoms with van der Waals surface area (Å²) >= 11 is 0. The van der Waals surface area contributed by atoms with Gasteiger partial charge in [0.2, 0.25) is 0 Å². The van der Waals surface area contributed by atoms with Crippen LogP contribution in [0.25, 0.3) is 0 Å². The number of pyridine rings is 1. The summed E-state index contributed by atoms with van der Waals surface area (Å²) in [5.41, 5.74) is 4.94. The molecule has 0 saturated heterocycles. The van der Waals surface area contributed by atoms with Gasteiger partial charge in [-0.25, -0.2) is 0 Å². The van der Waals surface area contributed by atoms with Crippen LogP contribution in [0, 0.1) is 6.92 Å². The van der Waals surface area contributed by atoms with Crippen molar-refractivity contribution in [1.29, 1.82) is 0 Å². The molecule has 0 aliphatic heterocycles. The molecular formula is C16H27N3O. The largest absolute Gasteiger partial charge is 0.373 e. The fourth-order valence-electron chi connectivity index (χ4n) is 3.33. The van der Waals surface area contributed by atoms with E-state index >= 15 is 0 Å². The molecule has 0 amide bonds. The van der Waals surface area contributed by atoms with Crippen LogP contribution < -0.4 is 11.3 Å². The summed E-state index contributed by atoms with van der Waals surface area (Å²) in [6.07, 6.45) is 9.03. The van der Waals surface area contributed by atoms with E-state index in [-0.39, 0.29) is 11.6 Å². The fraction of sp³-hybridized carbons (Fsp3) is 0.688. The monoisotopic (exact) mass is 277 g/mol. The lowest BCUT2D eigenvalue weighted by atomic mass is 9.83. The van der Waals surface area contributed by atoms with Crippen molar-refractivity contribution in [3.8, 4) is 0 Å². The van der Waals surface area contributed by atoms with Crippen LogP contribution in [0.5, 0.6) is 0 Å². The summed E-state index contributed by atoms with van der Waals surface area (Å²) in [5, 5.41) is 0. The number of nitrogens with one attached hydrogen (secondary N) is 1. The Balaban J connectivity index is 2.30. The predicted octanol–water partition coefficient (Wildman–Crippen LogP) is 3.02. The Hall–Kier alpha value is -0.970. The van der Waals surface area contributed by atoms with Gasteiger partial charge in [0.1, 0.15) is 0 Å². The molecule has 1 atom stereocenters. The smallest absolute Gasteiger partial charge is 0.0889 e. The summed E-state index contributed by atoms with van der Waals surface area (Å²) < 4.78 is 6.22. The second-order valence-electron chi connectivity index (χ2n) is 5.74. The van der Waals surface area contributed by atoms with Gasteiger partial charge in [0, 0.05) is 18.5 Å². The first-order valence-corrected chi connectivity index (χ1v) is 7.74. The average molecular weight is 277 g/mol. The molecule has 3 N–H and O–H groups in total. The molecule has 1 heterocycles. The molecule has 0 spiro atoms. The SMILES string of the molecule is CCOC1(C(NN)c2ccc(C)nc2)CCCCCC1. The van der Waals surface area contributed by atoms with Crippen LogP contribution in [-0.2, 0) is 4.74 Å². The summed E-state index contributed by atoms with van der Waals surface area (Å²) in [5.74, 6) is 5.88. The first-order chi connectivity index (χ1) is 9.72. The molecule has 0 radical (unpaired) electrons. The van der Waals surface area contributed by atoms with Gasteiger partial charge in [0.25, 0.3) is 0 Å². The molecule has 1 aromatic heterocycles. The van der Waals surface area contributed by atoms with Gasteiger partial charge in [0.15, 0.2) is 0 Å². The zero-order valence-electron chi connectivity index (χ0n) is 12.7. The van der Waals surface area contributed by atoms with Crippen molar-refractivity contribution < 1.29 is 4.74 Å². The minimum atomic E-state index is -0.197. The molecule has 4 nitrogen and oxygen atoms in total. The van der Waals surface area contributed by atoms with E-state index < -0.39 is 0 Å². The van der Waals surface area contributed by atoms with Crippen molar-refractivity contribution in [2.45, 2.75) is 64.0 Å². The minimum absolute atomic E-state index is 0.00801. The number of aromatic nitrogens is 1. The van der Waals surface area contributed by atoms with Crippen LogP contribution in [0.3, 0.4) is 0 Å². The Morgan fingerprint density at radius 3 is 2.50 bits per heavy atom. The molecule has 112 valence electrons. The summed E-state index contributed by atoms with van der Waals surface area (Å²) in [7, 11) is 0. The third-order valence-electron chi connectivity index (χ3n) is 4.34. The standard InChI is InChI=1S/C16H27N3O/c1-3-20-16(10-6-4-5-7-11-16)15(19-17)14-9-8-13(2)18-12-14/h8-9,12,15,19H,3-7,10-11,17H2,1-2H3. The van der Waals surface area contributed by atoms with E-state index in [0.717, 1.165) is 30.7 Å². The predicted molar refractivity (Wildman–Crippen MR) is 81.1 cm³/mol. The molecule has 1 fully saturated rings. The maximum absolute atomic E-state index is 6.22. The number of nitrogens with two attached hydrogens (primary N) is 1. The highest BCUT2D eigenvalue weighted by atomic mass is 16.5. The van der Waals surface area contributed by atoms with Crippen LogP contribution in [0.1, 0.15) is 62.7 Å². The van der Waals surface area contributed by atoms with Crippen molar-refractivity contribution in [1.82, 2.24) is 10.4 Å². The van der Waals surface area contributed by atoms with Gasteiger partial charge in [-0.2, -0.15) is 0 Å². The molecule has 0 bridgehead atoms. The topological polar surface area (TPSA) is 60.2 Å². The number of aryl methyl sites for hydroxylation is 1. The molecule has 0 aromatic carbocycles. The lowest BCUT2D eigenvalue weighted by Gasteiger charge is -2.40.